The van der Waals surface area contributed by atoms with Crippen molar-refractivity contribution in [3.8, 4) is 0 Å². The van der Waals surface area contributed by atoms with E-state index in [1.54, 1.807) is 18.2 Å². The number of halogens is 2. The maximum Gasteiger partial charge on any atom is 0.178 e. The summed E-state index contributed by atoms with van der Waals surface area (Å²) in [6.07, 6.45) is 1.07. The van der Waals surface area contributed by atoms with Gasteiger partial charge in [-0.1, -0.05) is 23.2 Å². The number of hydrogen-bond acceptors (Lipinski definition) is 3. The molecule has 3 nitrogen and oxygen atoms in total. The number of ketones is 1. The molecule has 2 rings (SSSR count). The minimum Gasteiger partial charge on any atom is -0.315 e. The molecule has 0 aromatic heterocycles. The zero-order valence-electron chi connectivity index (χ0n) is 10.1. The zero-order valence-corrected chi connectivity index (χ0v) is 11.6. The van der Waals surface area contributed by atoms with Gasteiger partial charge in [0.05, 0.1) is 11.6 Å². The Morgan fingerprint density at radius 3 is 2.89 bits per heavy atom. The van der Waals surface area contributed by atoms with E-state index in [1.165, 1.54) is 0 Å². The Morgan fingerprint density at radius 2 is 2.11 bits per heavy atom. The second kappa shape index (κ2) is 6.53. The Bertz CT molecular complexity index is 429. The summed E-state index contributed by atoms with van der Waals surface area (Å²) < 4.78 is 0. The molecule has 1 N–H and O–H groups in total. The topological polar surface area (TPSA) is 32.3 Å². The number of rotatable bonds is 3. The second-order valence-corrected chi connectivity index (χ2v) is 5.27. The SMILES string of the molecule is O=C(CN1CCCNCC1)c1ccc(Cl)cc1Cl. The third-order valence-electron chi connectivity index (χ3n) is 3.03. The lowest BCUT2D eigenvalue weighted by Crippen LogP contribution is -2.33. The van der Waals surface area contributed by atoms with Crippen LogP contribution in [0.4, 0.5) is 0 Å². The molecule has 1 aliphatic rings. The van der Waals surface area contributed by atoms with Gasteiger partial charge in [0, 0.05) is 23.7 Å². The first-order valence-corrected chi connectivity index (χ1v) is 6.84. The lowest BCUT2D eigenvalue weighted by Gasteiger charge is -2.18. The third kappa shape index (κ3) is 3.69. The quantitative estimate of drug-likeness (QED) is 0.867. The Balaban J connectivity index is 2.02. The number of benzene rings is 1. The van der Waals surface area contributed by atoms with Crippen LogP contribution in [0.3, 0.4) is 0 Å². The molecule has 1 aliphatic heterocycles. The van der Waals surface area contributed by atoms with Gasteiger partial charge >= 0.3 is 0 Å². The lowest BCUT2D eigenvalue weighted by atomic mass is 10.1. The van der Waals surface area contributed by atoms with Gasteiger partial charge in [0.1, 0.15) is 0 Å². The molecule has 1 aromatic carbocycles. The number of hydrogen-bond donors (Lipinski definition) is 1. The van der Waals surface area contributed by atoms with Crippen molar-refractivity contribution < 1.29 is 4.79 Å². The van der Waals surface area contributed by atoms with E-state index in [4.69, 9.17) is 23.2 Å². The van der Waals surface area contributed by atoms with Crippen molar-refractivity contribution >= 4 is 29.0 Å². The van der Waals surface area contributed by atoms with Crippen molar-refractivity contribution in [3.05, 3.63) is 33.8 Å². The van der Waals surface area contributed by atoms with E-state index in [1.807, 2.05) is 0 Å². The van der Waals surface area contributed by atoms with Gasteiger partial charge in [0.15, 0.2) is 5.78 Å². The number of carbonyl (C=O) groups is 1. The Morgan fingerprint density at radius 1 is 1.28 bits per heavy atom. The van der Waals surface area contributed by atoms with Crippen LogP contribution in [-0.2, 0) is 0 Å². The van der Waals surface area contributed by atoms with Crippen molar-refractivity contribution in [3.63, 3.8) is 0 Å². The van der Waals surface area contributed by atoms with Crippen molar-refractivity contribution in [1.29, 1.82) is 0 Å². The molecule has 0 unspecified atom stereocenters. The molecule has 1 fully saturated rings. The smallest absolute Gasteiger partial charge is 0.178 e. The highest BCUT2D eigenvalue weighted by atomic mass is 35.5. The summed E-state index contributed by atoms with van der Waals surface area (Å²) in [6, 6.07) is 5.01. The van der Waals surface area contributed by atoms with Gasteiger partial charge in [0.25, 0.3) is 0 Å². The van der Waals surface area contributed by atoms with Crippen molar-refractivity contribution in [2.45, 2.75) is 6.42 Å². The molecular formula is C13H16Cl2N2O. The summed E-state index contributed by atoms with van der Waals surface area (Å²) in [6.45, 7) is 4.22. The van der Waals surface area contributed by atoms with E-state index in [9.17, 15) is 4.79 Å². The summed E-state index contributed by atoms with van der Waals surface area (Å²) in [5, 5.41) is 4.29. The molecule has 98 valence electrons. The van der Waals surface area contributed by atoms with Gasteiger partial charge in [-0.3, -0.25) is 9.69 Å². The fourth-order valence-electron chi connectivity index (χ4n) is 2.06. The molecule has 1 heterocycles. The molecule has 18 heavy (non-hydrogen) atoms. The van der Waals surface area contributed by atoms with E-state index >= 15 is 0 Å². The summed E-state index contributed by atoms with van der Waals surface area (Å²) in [7, 11) is 0. The molecule has 5 heteroatoms. The fourth-order valence-corrected chi connectivity index (χ4v) is 2.58. The highest BCUT2D eigenvalue weighted by Crippen LogP contribution is 2.21. The Hall–Kier alpha value is -0.610. The molecule has 1 aromatic rings. The number of nitrogens with zero attached hydrogens (tertiary/aromatic N) is 1. The molecule has 1 saturated heterocycles. The second-order valence-electron chi connectivity index (χ2n) is 4.43. The molecule has 0 radical (unpaired) electrons. The molecular weight excluding hydrogens is 271 g/mol. The molecule has 0 bridgehead atoms. The van der Waals surface area contributed by atoms with E-state index in [2.05, 4.69) is 10.2 Å². The predicted octanol–water partition coefficient (Wildman–Crippen LogP) is 2.47. The monoisotopic (exact) mass is 286 g/mol. The summed E-state index contributed by atoms with van der Waals surface area (Å²) >= 11 is 11.9. The normalized spacial score (nSPS) is 17.4. The van der Waals surface area contributed by atoms with Crippen LogP contribution in [0.5, 0.6) is 0 Å². The first-order valence-electron chi connectivity index (χ1n) is 6.08. The number of carbonyl (C=O) groups excluding carboxylic acids is 1. The minimum absolute atomic E-state index is 0.0542. The molecule has 0 saturated carbocycles. The molecule has 0 aliphatic carbocycles. The van der Waals surface area contributed by atoms with Crippen LogP contribution in [0.2, 0.25) is 10.0 Å². The van der Waals surface area contributed by atoms with Crippen LogP contribution in [0.25, 0.3) is 0 Å². The van der Waals surface area contributed by atoms with Gasteiger partial charge in [0.2, 0.25) is 0 Å². The summed E-state index contributed by atoms with van der Waals surface area (Å²) in [4.78, 5) is 14.3. The van der Waals surface area contributed by atoms with Crippen LogP contribution in [0.15, 0.2) is 18.2 Å². The fraction of sp³-hybridized carbons (Fsp3) is 0.462. The average Bonchev–Trinajstić information content (AvgIpc) is 2.57. The largest absolute Gasteiger partial charge is 0.315 e. The Kier molecular flexibility index (Phi) is 5.01. The summed E-state index contributed by atoms with van der Waals surface area (Å²) in [5.74, 6) is 0.0542. The Labute approximate surface area is 117 Å². The van der Waals surface area contributed by atoms with Gasteiger partial charge in [-0.25, -0.2) is 0 Å². The molecule has 0 spiro atoms. The van der Waals surface area contributed by atoms with E-state index in [0.29, 0.717) is 22.2 Å². The van der Waals surface area contributed by atoms with Crippen molar-refractivity contribution in [1.82, 2.24) is 10.2 Å². The lowest BCUT2D eigenvalue weighted by molar-refractivity contribution is 0.0935. The van der Waals surface area contributed by atoms with Crippen LogP contribution in [-0.4, -0.2) is 43.4 Å². The third-order valence-corrected chi connectivity index (χ3v) is 3.58. The number of Topliss-reactive ketones (excluding diaryl/α,β-unsaturated/α-hetero) is 1. The van der Waals surface area contributed by atoms with E-state index in [-0.39, 0.29) is 5.78 Å². The van der Waals surface area contributed by atoms with Crippen LogP contribution >= 0.6 is 23.2 Å². The standard InChI is InChI=1S/C13H16Cl2N2O/c14-10-2-3-11(12(15)8-10)13(18)9-17-6-1-4-16-5-7-17/h2-3,8,16H,1,4-7,9H2. The van der Waals surface area contributed by atoms with Gasteiger partial charge < -0.3 is 5.32 Å². The van der Waals surface area contributed by atoms with E-state index < -0.39 is 0 Å². The van der Waals surface area contributed by atoms with Gasteiger partial charge in [-0.05, 0) is 37.7 Å². The van der Waals surface area contributed by atoms with Gasteiger partial charge in [-0.2, -0.15) is 0 Å². The maximum absolute atomic E-state index is 12.2. The maximum atomic E-state index is 12.2. The van der Waals surface area contributed by atoms with Crippen molar-refractivity contribution in [2.24, 2.45) is 0 Å². The van der Waals surface area contributed by atoms with Crippen LogP contribution in [0.1, 0.15) is 16.8 Å². The average molecular weight is 287 g/mol. The van der Waals surface area contributed by atoms with Crippen molar-refractivity contribution in [2.75, 3.05) is 32.7 Å². The zero-order chi connectivity index (χ0) is 13.0. The molecule has 0 atom stereocenters. The number of nitrogens with one attached hydrogen (secondary N) is 1. The molecule has 0 amide bonds. The highest BCUT2D eigenvalue weighted by molar-refractivity contribution is 6.36. The first-order chi connectivity index (χ1) is 8.66. The highest BCUT2D eigenvalue weighted by Gasteiger charge is 2.16. The first kappa shape index (κ1) is 13.8. The van der Waals surface area contributed by atoms with E-state index in [0.717, 1.165) is 32.6 Å². The summed E-state index contributed by atoms with van der Waals surface area (Å²) in [5.41, 5.74) is 0.554. The van der Waals surface area contributed by atoms with Crippen LogP contribution in [0, 0.1) is 0 Å². The predicted molar refractivity (Wildman–Crippen MR) is 74.7 cm³/mol. The van der Waals surface area contributed by atoms with Crippen LogP contribution < -0.4 is 5.32 Å². The van der Waals surface area contributed by atoms with Gasteiger partial charge in [-0.15, -0.1) is 0 Å². The minimum atomic E-state index is 0.0542.